The van der Waals surface area contributed by atoms with Gasteiger partial charge in [0, 0.05) is 42.7 Å². The highest BCUT2D eigenvalue weighted by Crippen LogP contribution is 2.23. The molecule has 0 aliphatic carbocycles. The van der Waals surface area contributed by atoms with Gasteiger partial charge >= 0.3 is 0 Å². The number of piperazine rings is 1. The lowest BCUT2D eigenvalue weighted by Crippen LogP contribution is -2.48. The topological polar surface area (TPSA) is 60.2 Å². The molecular formula is C22H20N4OS. The summed E-state index contributed by atoms with van der Waals surface area (Å²) >= 11 is 1.69. The first kappa shape index (κ1) is 18.4. The third-order valence-electron chi connectivity index (χ3n) is 4.90. The summed E-state index contributed by atoms with van der Waals surface area (Å²) in [5.41, 5.74) is 3.37. The van der Waals surface area contributed by atoms with Crippen LogP contribution in [0, 0.1) is 11.3 Å². The monoisotopic (exact) mass is 388 g/mol. The summed E-state index contributed by atoms with van der Waals surface area (Å²) in [5, 5.41) is 12.1. The fraction of sp³-hybridized carbons (Fsp3) is 0.227. The van der Waals surface area contributed by atoms with Crippen molar-refractivity contribution in [3.8, 4) is 17.3 Å². The highest BCUT2D eigenvalue weighted by Gasteiger charge is 2.22. The quantitative estimate of drug-likeness (QED) is 0.685. The number of carbonyl (C=O) groups excluding carboxylic acids is 1. The Morgan fingerprint density at radius 3 is 2.43 bits per heavy atom. The van der Waals surface area contributed by atoms with Crippen molar-refractivity contribution >= 4 is 17.2 Å². The number of benzene rings is 2. The molecule has 2 heterocycles. The molecule has 0 radical (unpaired) electrons. The van der Waals surface area contributed by atoms with Crippen LogP contribution in [-0.2, 0) is 6.54 Å². The van der Waals surface area contributed by atoms with E-state index in [0.717, 1.165) is 35.9 Å². The molecule has 0 saturated carbocycles. The molecule has 28 heavy (non-hydrogen) atoms. The van der Waals surface area contributed by atoms with Crippen LogP contribution in [0.2, 0.25) is 0 Å². The van der Waals surface area contributed by atoms with Gasteiger partial charge in [0.15, 0.2) is 0 Å². The molecule has 0 N–H and O–H groups in total. The van der Waals surface area contributed by atoms with Gasteiger partial charge < -0.3 is 4.90 Å². The zero-order valence-corrected chi connectivity index (χ0v) is 16.2. The maximum absolute atomic E-state index is 12.6. The summed E-state index contributed by atoms with van der Waals surface area (Å²) < 4.78 is 0. The van der Waals surface area contributed by atoms with Crippen LogP contribution in [0.5, 0.6) is 0 Å². The molecular weight excluding hydrogens is 368 g/mol. The molecule has 1 amide bonds. The van der Waals surface area contributed by atoms with Crippen molar-refractivity contribution in [3.63, 3.8) is 0 Å². The second-order valence-electron chi connectivity index (χ2n) is 6.75. The first-order valence-electron chi connectivity index (χ1n) is 9.24. The summed E-state index contributed by atoms with van der Waals surface area (Å²) in [4.78, 5) is 21.6. The fourth-order valence-corrected chi connectivity index (χ4v) is 4.14. The summed E-state index contributed by atoms with van der Waals surface area (Å²) in [6, 6.07) is 19.1. The van der Waals surface area contributed by atoms with E-state index in [1.165, 1.54) is 0 Å². The number of nitriles is 1. The molecule has 6 heteroatoms. The largest absolute Gasteiger partial charge is 0.336 e. The van der Waals surface area contributed by atoms with E-state index in [0.29, 0.717) is 24.2 Å². The highest BCUT2D eigenvalue weighted by molar-refractivity contribution is 7.09. The molecule has 2 aromatic carbocycles. The number of hydrogen-bond acceptors (Lipinski definition) is 5. The van der Waals surface area contributed by atoms with E-state index in [1.807, 2.05) is 23.1 Å². The molecule has 3 aromatic rings. The number of thiazole rings is 1. The zero-order valence-electron chi connectivity index (χ0n) is 15.4. The minimum Gasteiger partial charge on any atom is -0.336 e. The molecule has 5 nitrogen and oxygen atoms in total. The van der Waals surface area contributed by atoms with Crippen molar-refractivity contribution in [2.45, 2.75) is 6.54 Å². The molecule has 1 saturated heterocycles. The standard InChI is InChI=1S/C22H20N4OS/c23-14-17-6-8-19(9-7-17)22(27)26-12-10-25(11-13-26)15-21-24-20(16-28-21)18-4-2-1-3-5-18/h1-9,16H,10-13,15H2. The Bertz CT molecular complexity index is 983. The average Bonchev–Trinajstić information content (AvgIpc) is 3.23. The summed E-state index contributed by atoms with van der Waals surface area (Å²) in [6.45, 7) is 3.90. The number of hydrogen-bond donors (Lipinski definition) is 0. The lowest BCUT2D eigenvalue weighted by molar-refractivity contribution is 0.0628. The van der Waals surface area contributed by atoms with Crippen LogP contribution in [0.4, 0.5) is 0 Å². The fourth-order valence-electron chi connectivity index (χ4n) is 3.30. The molecule has 1 aliphatic rings. The van der Waals surface area contributed by atoms with Crippen LogP contribution in [0.1, 0.15) is 20.9 Å². The number of carbonyl (C=O) groups is 1. The third kappa shape index (κ3) is 4.11. The smallest absolute Gasteiger partial charge is 0.253 e. The Kier molecular flexibility index (Phi) is 5.47. The van der Waals surface area contributed by atoms with E-state index in [9.17, 15) is 4.79 Å². The minimum atomic E-state index is 0.0322. The maximum atomic E-state index is 12.6. The molecule has 1 fully saturated rings. The molecule has 0 spiro atoms. The number of amides is 1. The van der Waals surface area contributed by atoms with E-state index in [2.05, 4.69) is 28.5 Å². The van der Waals surface area contributed by atoms with Gasteiger partial charge in [-0.05, 0) is 24.3 Å². The van der Waals surface area contributed by atoms with Crippen LogP contribution in [0.15, 0.2) is 60.0 Å². The molecule has 0 unspecified atom stereocenters. The van der Waals surface area contributed by atoms with Gasteiger partial charge in [0.2, 0.25) is 0 Å². The summed E-state index contributed by atoms with van der Waals surface area (Å²) in [7, 11) is 0. The van der Waals surface area contributed by atoms with Crippen LogP contribution in [0.3, 0.4) is 0 Å². The van der Waals surface area contributed by atoms with Gasteiger partial charge in [0.1, 0.15) is 5.01 Å². The van der Waals surface area contributed by atoms with E-state index in [1.54, 1.807) is 35.6 Å². The van der Waals surface area contributed by atoms with Crippen LogP contribution >= 0.6 is 11.3 Å². The molecule has 1 aliphatic heterocycles. The Labute approximate surface area is 168 Å². The van der Waals surface area contributed by atoms with Crippen molar-refractivity contribution in [2.24, 2.45) is 0 Å². The zero-order chi connectivity index (χ0) is 19.3. The van der Waals surface area contributed by atoms with Gasteiger partial charge in [-0.2, -0.15) is 5.26 Å². The predicted molar refractivity (Wildman–Crippen MR) is 110 cm³/mol. The second-order valence-corrected chi connectivity index (χ2v) is 7.69. The third-order valence-corrected chi connectivity index (χ3v) is 5.73. The average molecular weight is 388 g/mol. The van der Waals surface area contributed by atoms with Crippen molar-refractivity contribution in [1.29, 1.82) is 5.26 Å². The van der Waals surface area contributed by atoms with Crippen molar-refractivity contribution in [3.05, 3.63) is 76.1 Å². The van der Waals surface area contributed by atoms with E-state index in [4.69, 9.17) is 10.2 Å². The van der Waals surface area contributed by atoms with Gasteiger partial charge in [-0.3, -0.25) is 9.69 Å². The van der Waals surface area contributed by atoms with Crippen molar-refractivity contribution < 1.29 is 4.79 Å². The first-order chi connectivity index (χ1) is 13.7. The lowest BCUT2D eigenvalue weighted by Gasteiger charge is -2.34. The second kappa shape index (κ2) is 8.34. The van der Waals surface area contributed by atoms with Gasteiger partial charge in [-0.1, -0.05) is 30.3 Å². The van der Waals surface area contributed by atoms with Crippen LogP contribution in [0.25, 0.3) is 11.3 Å². The summed E-state index contributed by atoms with van der Waals surface area (Å²) in [6.07, 6.45) is 0. The van der Waals surface area contributed by atoms with Gasteiger partial charge in [-0.15, -0.1) is 11.3 Å². The SMILES string of the molecule is N#Cc1ccc(C(=O)N2CCN(Cc3nc(-c4ccccc4)cs3)CC2)cc1. The Morgan fingerprint density at radius 2 is 1.75 bits per heavy atom. The summed E-state index contributed by atoms with van der Waals surface area (Å²) in [5.74, 6) is 0.0322. The van der Waals surface area contributed by atoms with Crippen molar-refractivity contribution in [2.75, 3.05) is 26.2 Å². The Balaban J connectivity index is 1.32. The number of nitrogens with zero attached hydrogens (tertiary/aromatic N) is 4. The van der Waals surface area contributed by atoms with E-state index in [-0.39, 0.29) is 5.91 Å². The lowest BCUT2D eigenvalue weighted by atomic mass is 10.1. The van der Waals surface area contributed by atoms with Crippen molar-refractivity contribution in [1.82, 2.24) is 14.8 Å². The normalized spacial score (nSPS) is 14.6. The minimum absolute atomic E-state index is 0.0322. The van der Waals surface area contributed by atoms with Crippen LogP contribution in [-0.4, -0.2) is 46.9 Å². The van der Waals surface area contributed by atoms with E-state index < -0.39 is 0 Å². The predicted octanol–water partition coefficient (Wildman–Crippen LogP) is 3.64. The van der Waals surface area contributed by atoms with Gasteiger partial charge in [-0.25, -0.2) is 4.98 Å². The Hall–Kier alpha value is -3.01. The molecule has 4 rings (SSSR count). The molecule has 0 bridgehead atoms. The Morgan fingerprint density at radius 1 is 1.04 bits per heavy atom. The maximum Gasteiger partial charge on any atom is 0.253 e. The first-order valence-corrected chi connectivity index (χ1v) is 10.1. The van der Waals surface area contributed by atoms with E-state index >= 15 is 0 Å². The molecule has 1 aromatic heterocycles. The van der Waals surface area contributed by atoms with Crippen LogP contribution < -0.4 is 0 Å². The highest BCUT2D eigenvalue weighted by atomic mass is 32.1. The number of rotatable bonds is 4. The van der Waals surface area contributed by atoms with Gasteiger partial charge in [0.25, 0.3) is 5.91 Å². The molecule has 0 atom stereocenters. The number of aromatic nitrogens is 1. The van der Waals surface area contributed by atoms with Gasteiger partial charge in [0.05, 0.1) is 23.9 Å². The molecule has 140 valence electrons.